The van der Waals surface area contributed by atoms with Crippen molar-refractivity contribution < 1.29 is 9.90 Å². The smallest absolute Gasteiger partial charge is 0.317 e. The van der Waals surface area contributed by atoms with E-state index in [4.69, 9.17) is 10.4 Å². The lowest BCUT2D eigenvalue weighted by atomic mass is 10.0. The van der Waals surface area contributed by atoms with Gasteiger partial charge in [0.2, 0.25) is 0 Å². The van der Waals surface area contributed by atoms with Gasteiger partial charge in [0, 0.05) is 26.1 Å². The Morgan fingerprint density at radius 1 is 1.41 bits per heavy atom. The third-order valence-electron chi connectivity index (χ3n) is 3.19. The number of likely N-dealkylation sites (N-methyl/N-ethyl adjacent to an activating group) is 1. The number of carboxylic acids is 1. The molecule has 1 saturated carbocycles. The summed E-state index contributed by atoms with van der Waals surface area (Å²) in [5.74, 6) is -0.795. The number of hydrogen-bond acceptors (Lipinski definition) is 4. The predicted octanol–water partition coefficient (Wildman–Crippen LogP) is 0.628. The summed E-state index contributed by atoms with van der Waals surface area (Å²) >= 11 is 0. The first-order valence-corrected chi connectivity index (χ1v) is 5.93. The van der Waals surface area contributed by atoms with Gasteiger partial charge in [-0.05, 0) is 32.4 Å². The molecule has 0 radical (unpaired) electrons. The van der Waals surface area contributed by atoms with Gasteiger partial charge in [-0.3, -0.25) is 9.69 Å². The van der Waals surface area contributed by atoms with Crippen LogP contribution in [0, 0.1) is 16.7 Å². The molecule has 17 heavy (non-hydrogen) atoms. The molecule has 1 aliphatic carbocycles. The van der Waals surface area contributed by atoms with E-state index in [0.29, 0.717) is 6.42 Å². The van der Waals surface area contributed by atoms with Gasteiger partial charge < -0.3 is 10.0 Å². The summed E-state index contributed by atoms with van der Waals surface area (Å²) in [6, 6.07) is 2.21. The minimum absolute atomic E-state index is 0.0705. The fourth-order valence-corrected chi connectivity index (χ4v) is 1.96. The summed E-state index contributed by atoms with van der Waals surface area (Å²) in [4.78, 5) is 14.8. The summed E-state index contributed by atoms with van der Waals surface area (Å²) in [7, 11) is 3.95. The molecule has 0 aliphatic heterocycles. The molecule has 0 heterocycles. The van der Waals surface area contributed by atoms with Crippen molar-refractivity contribution in [1.29, 1.82) is 5.26 Å². The number of hydrogen-bond donors (Lipinski definition) is 1. The number of carbonyl (C=O) groups is 1. The fourth-order valence-electron chi connectivity index (χ4n) is 1.96. The molecular formula is C12H21N3O2. The van der Waals surface area contributed by atoms with Crippen molar-refractivity contribution in [2.45, 2.75) is 19.3 Å². The first-order valence-electron chi connectivity index (χ1n) is 5.93. The Hall–Kier alpha value is -1.12. The van der Waals surface area contributed by atoms with Crippen molar-refractivity contribution in [2.24, 2.45) is 5.41 Å². The van der Waals surface area contributed by atoms with Gasteiger partial charge in [-0.1, -0.05) is 0 Å². The van der Waals surface area contributed by atoms with Crippen LogP contribution in [0.15, 0.2) is 0 Å². The molecule has 1 N–H and O–H groups in total. The molecule has 96 valence electrons. The Morgan fingerprint density at radius 3 is 2.47 bits per heavy atom. The number of rotatable bonds is 8. The highest BCUT2D eigenvalue weighted by atomic mass is 16.4. The Bertz CT molecular complexity index is 305. The van der Waals surface area contributed by atoms with Gasteiger partial charge in [-0.25, -0.2) is 0 Å². The van der Waals surface area contributed by atoms with E-state index in [-0.39, 0.29) is 12.0 Å². The zero-order chi connectivity index (χ0) is 12.9. The third kappa shape index (κ3) is 5.16. The largest absolute Gasteiger partial charge is 0.480 e. The van der Waals surface area contributed by atoms with E-state index in [1.54, 1.807) is 0 Å². The van der Waals surface area contributed by atoms with Crippen molar-refractivity contribution in [3.05, 3.63) is 0 Å². The van der Waals surface area contributed by atoms with Crippen LogP contribution in [0.5, 0.6) is 0 Å². The average Bonchev–Trinajstić information content (AvgIpc) is 2.94. The normalized spacial score (nSPS) is 17.1. The van der Waals surface area contributed by atoms with E-state index in [9.17, 15) is 4.79 Å². The number of nitrogens with zero attached hydrogens (tertiary/aromatic N) is 3. The first-order chi connectivity index (χ1) is 7.97. The SMILES string of the molecule is CN(C)CCN(CC(=O)O)CC1(CC#N)CC1. The molecule has 5 heteroatoms. The number of aliphatic carboxylic acids is 1. The van der Waals surface area contributed by atoms with E-state index in [1.807, 2.05) is 23.9 Å². The van der Waals surface area contributed by atoms with Crippen molar-refractivity contribution in [1.82, 2.24) is 9.80 Å². The van der Waals surface area contributed by atoms with Crippen LogP contribution in [0.1, 0.15) is 19.3 Å². The summed E-state index contributed by atoms with van der Waals surface area (Å²) in [5.41, 5.74) is 0.0799. The second-order valence-electron chi connectivity index (χ2n) is 5.24. The second-order valence-corrected chi connectivity index (χ2v) is 5.24. The van der Waals surface area contributed by atoms with E-state index in [2.05, 4.69) is 6.07 Å². The average molecular weight is 239 g/mol. The van der Waals surface area contributed by atoms with Gasteiger partial charge >= 0.3 is 5.97 Å². The maximum Gasteiger partial charge on any atom is 0.317 e. The van der Waals surface area contributed by atoms with Crippen LogP contribution < -0.4 is 0 Å². The molecule has 0 unspecified atom stereocenters. The number of nitriles is 1. The Balaban J connectivity index is 2.45. The summed E-state index contributed by atoms with van der Waals surface area (Å²) in [6.07, 6.45) is 2.66. The number of carboxylic acid groups (broad SMARTS) is 1. The summed E-state index contributed by atoms with van der Waals surface area (Å²) < 4.78 is 0. The van der Waals surface area contributed by atoms with E-state index >= 15 is 0 Å². The predicted molar refractivity (Wildman–Crippen MR) is 64.5 cm³/mol. The van der Waals surface area contributed by atoms with Crippen molar-refractivity contribution in [3.63, 3.8) is 0 Å². The lowest BCUT2D eigenvalue weighted by Gasteiger charge is -2.26. The molecule has 0 aromatic heterocycles. The van der Waals surface area contributed by atoms with Gasteiger partial charge in [-0.15, -0.1) is 0 Å². The van der Waals surface area contributed by atoms with Gasteiger partial charge in [0.1, 0.15) is 0 Å². The van der Waals surface area contributed by atoms with Crippen LogP contribution in [0.3, 0.4) is 0 Å². The maximum atomic E-state index is 10.8. The molecule has 0 saturated heterocycles. The zero-order valence-electron chi connectivity index (χ0n) is 10.6. The molecule has 1 rings (SSSR count). The van der Waals surface area contributed by atoms with Crippen LogP contribution in [0.2, 0.25) is 0 Å². The van der Waals surface area contributed by atoms with E-state index in [0.717, 1.165) is 32.5 Å². The topological polar surface area (TPSA) is 67.6 Å². The minimum atomic E-state index is -0.795. The highest BCUT2D eigenvalue weighted by Gasteiger charge is 2.43. The third-order valence-corrected chi connectivity index (χ3v) is 3.19. The molecule has 0 spiro atoms. The molecule has 1 fully saturated rings. The van der Waals surface area contributed by atoms with Crippen molar-refractivity contribution >= 4 is 5.97 Å². The molecule has 5 nitrogen and oxygen atoms in total. The standard InChI is InChI=1S/C12H21N3O2/c1-14(2)7-8-15(9-11(16)17)10-12(3-4-12)5-6-13/h3-5,7-10H2,1-2H3,(H,16,17). The summed E-state index contributed by atoms with van der Waals surface area (Å²) in [6.45, 7) is 2.39. The fraction of sp³-hybridized carbons (Fsp3) is 0.833. The van der Waals surface area contributed by atoms with Crippen LogP contribution in [-0.2, 0) is 4.79 Å². The van der Waals surface area contributed by atoms with Crippen LogP contribution in [-0.4, -0.2) is 61.2 Å². The first kappa shape index (κ1) is 13.9. The van der Waals surface area contributed by atoms with E-state index < -0.39 is 5.97 Å². The van der Waals surface area contributed by atoms with Crippen molar-refractivity contribution in [2.75, 3.05) is 40.3 Å². The van der Waals surface area contributed by atoms with E-state index in [1.165, 1.54) is 0 Å². The lowest BCUT2D eigenvalue weighted by Crippen LogP contribution is -2.39. The van der Waals surface area contributed by atoms with Crippen LogP contribution in [0.4, 0.5) is 0 Å². The Labute approximate surface area is 103 Å². The Morgan fingerprint density at radius 2 is 2.06 bits per heavy atom. The van der Waals surface area contributed by atoms with Crippen molar-refractivity contribution in [3.8, 4) is 6.07 Å². The summed E-state index contributed by atoms with van der Waals surface area (Å²) in [5, 5.41) is 17.6. The van der Waals surface area contributed by atoms with Crippen LogP contribution >= 0.6 is 0 Å². The molecule has 0 aromatic carbocycles. The molecule has 0 bridgehead atoms. The van der Waals surface area contributed by atoms with Crippen LogP contribution in [0.25, 0.3) is 0 Å². The second kappa shape index (κ2) is 5.99. The molecule has 0 atom stereocenters. The quantitative estimate of drug-likeness (QED) is 0.673. The molecule has 1 aliphatic rings. The monoisotopic (exact) mass is 239 g/mol. The Kier molecular flexibility index (Phi) is 4.91. The minimum Gasteiger partial charge on any atom is -0.480 e. The van der Waals surface area contributed by atoms with Gasteiger partial charge in [0.05, 0.1) is 12.6 Å². The van der Waals surface area contributed by atoms with Gasteiger partial charge in [0.25, 0.3) is 0 Å². The lowest BCUT2D eigenvalue weighted by molar-refractivity contribution is -0.138. The van der Waals surface area contributed by atoms with Gasteiger partial charge in [0.15, 0.2) is 0 Å². The van der Waals surface area contributed by atoms with Gasteiger partial charge in [-0.2, -0.15) is 5.26 Å². The highest BCUT2D eigenvalue weighted by molar-refractivity contribution is 5.69. The molecule has 0 aromatic rings. The molecule has 0 amide bonds. The highest BCUT2D eigenvalue weighted by Crippen LogP contribution is 2.49. The molecular weight excluding hydrogens is 218 g/mol. The maximum absolute atomic E-state index is 10.8. The zero-order valence-corrected chi connectivity index (χ0v) is 10.6.